The van der Waals surface area contributed by atoms with E-state index >= 15 is 0 Å². The SMILES string of the molecule is CC(=O)c1c(C)c2cnc(Nc3ccc(N4CCN(C(C)C)CC4)cn3)nc2n(C2CCCC2)c1=O.[HH]. The van der Waals surface area contributed by atoms with Crippen molar-refractivity contribution >= 4 is 34.3 Å². The third-order valence-corrected chi connectivity index (χ3v) is 7.65. The number of aromatic nitrogens is 4. The number of carbonyl (C=O) groups excluding carboxylic acids is 1. The topological polar surface area (TPSA) is 96.2 Å². The van der Waals surface area contributed by atoms with Crippen LogP contribution in [0.25, 0.3) is 11.0 Å². The van der Waals surface area contributed by atoms with Crippen LogP contribution in [0.5, 0.6) is 0 Å². The van der Waals surface area contributed by atoms with Crippen molar-refractivity contribution in [2.45, 2.75) is 65.5 Å². The van der Waals surface area contributed by atoms with Crippen molar-refractivity contribution in [2.24, 2.45) is 0 Å². The number of aryl methyl sites for hydroxylation is 1. The van der Waals surface area contributed by atoms with E-state index < -0.39 is 0 Å². The molecule has 36 heavy (non-hydrogen) atoms. The molecule has 3 aromatic heterocycles. The predicted octanol–water partition coefficient (Wildman–Crippen LogP) is 4.33. The number of Topliss-reactive ketones (excluding diaryl/α,β-unsaturated/α-hetero) is 1. The van der Waals surface area contributed by atoms with E-state index in [0.717, 1.165) is 62.9 Å². The molecule has 1 saturated carbocycles. The van der Waals surface area contributed by atoms with Gasteiger partial charge in [-0.05, 0) is 58.2 Å². The molecule has 0 bridgehead atoms. The van der Waals surface area contributed by atoms with E-state index in [4.69, 9.17) is 4.98 Å². The van der Waals surface area contributed by atoms with Crippen LogP contribution < -0.4 is 15.8 Å². The van der Waals surface area contributed by atoms with Crippen LogP contribution in [-0.4, -0.2) is 62.4 Å². The van der Waals surface area contributed by atoms with Gasteiger partial charge in [0, 0.05) is 51.3 Å². The summed E-state index contributed by atoms with van der Waals surface area (Å²) in [6.07, 6.45) is 7.56. The summed E-state index contributed by atoms with van der Waals surface area (Å²) in [6, 6.07) is 4.63. The van der Waals surface area contributed by atoms with Gasteiger partial charge >= 0.3 is 0 Å². The second-order valence-corrected chi connectivity index (χ2v) is 10.2. The van der Waals surface area contributed by atoms with Gasteiger partial charge in [0.1, 0.15) is 11.5 Å². The zero-order chi connectivity index (χ0) is 25.4. The van der Waals surface area contributed by atoms with E-state index in [-0.39, 0.29) is 24.4 Å². The summed E-state index contributed by atoms with van der Waals surface area (Å²) in [4.78, 5) is 44.4. The first kappa shape index (κ1) is 24.4. The molecule has 2 aliphatic rings. The Kier molecular flexibility index (Phi) is 6.75. The molecule has 5 rings (SSSR count). The summed E-state index contributed by atoms with van der Waals surface area (Å²) in [5.74, 6) is 0.809. The standard InChI is InChI=1S/C27H35N7O2.H2/c1-17(2)32-11-13-33(14-12-32)21-9-10-23(28-15-21)30-27-29-16-22-18(3)24(19(4)35)26(36)34(25(22)31-27)20-7-5-6-8-20;/h9-10,15-17,20H,5-8,11-14H2,1-4H3,(H,28,29,30,31);1H. The zero-order valence-corrected chi connectivity index (χ0v) is 21.6. The van der Waals surface area contributed by atoms with E-state index in [1.807, 2.05) is 12.3 Å². The molecule has 3 aromatic rings. The molecular formula is C27H37N7O2. The maximum atomic E-state index is 13.4. The van der Waals surface area contributed by atoms with Crippen molar-refractivity contribution in [3.8, 4) is 0 Å². The van der Waals surface area contributed by atoms with Crippen molar-refractivity contribution in [1.29, 1.82) is 0 Å². The number of fused-ring (bicyclic) bond motifs is 1. The molecule has 0 unspecified atom stereocenters. The molecule has 0 spiro atoms. The van der Waals surface area contributed by atoms with Gasteiger partial charge in [-0.3, -0.25) is 19.1 Å². The molecule has 0 aromatic carbocycles. The van der Waals surface area contributed by atoms with Crippen molar-refractivity contribution in [3.63, 3.8) is 0 Å². The number of ketones is 1. The van der Waals surface area contributed by atoms with Gasteiger partial charge in [0.2, 0.25) is 5.95 Å². The normalized spacial score (nSPS) is 17.3. The molecule has 4 heterocycles. The average molecular weight is 492 g/mol. The lowest BCUT2D eigenvalue weighted by Gasteiger charge is -2.38. The van der Waals surface area contributed by atoms with E-state index in [1.54, 1.807) is 17.7 Å². The minimum atomic E-state index is -0.246. The van der Waals surface area contributed by atoms with Crippen LogP contribution in [0, 0.1) is 6.92 Å². The quantitative estimate of drug-likeness (QED) is 0.509. The second kappa shape index (κ2) is 9.97. The molecule has 2 fully saturated rings. The van der Waals surface area contributed by atoms with Crippen LogP contribution in [0.3, 0.4) is 0 Å². The fraction of sp³-hybridized carbons (Fsp3) is 0.519. The molecule has 9 nitrogen and oxygen atoms in total. The number of anilines is 3. The third-order valence-electron chi connectivity index (χ3n) is 7.65. The summed E-state index contributed by atoms with van der Waals surface area (Å²) in [5.41, 5.74) is 2.31. The Hall–Kier alpha value is -3.33. The number of pyridine rings is 2. The van der Waals surface area contributed by atoms with E-state index in [0.29, 0.717) is 29.0 Å². The highest BCUT2D eigenvalue weighted by molar-refractivity contribution is 5.99. The lowest BCUT2D eigenvalue weighted by atomic mass is 10.0. The summed E-state index contributed by atoms with van der Waals surface area (Å²) in [7, 11) is 0. The molecule has 1 saturated heterocycles. The van der Waals surface area contributed by atoms with Crippen LogP contribution >= 0.6 is 0 Å². The minimum absolute atomic E-state index is 0. The number of carbonyl (C=O) groups is 1. The summed E-state index contributed by atoms with van der Waals surface area (Å²) < 4.78 is 1.73. The first-order valence-electron chi connectivity index (χ1n) is 13.0. The predicted molar refractivity (Wildman–Crippen MR) is 145 cm³/mol. The Balaban J connectivity index is 0.00000320. The van der Waals surface area contributed by atoms with E-state index in [9.17, 15) is 9.59 Å². The number of nitrogens with zero attached hydrogens (tertiary/aromatic N) is 6. The molecule has 1 N–H and O–H groups in total. The van der Waals surface area contributed by atoms with Gasteiger partial charge in [-0.25, -0.2) is 9.97 Å². The van der Waals surface area contributed by atoms with Crippen LogP contribution in [0.15, 0.2) is 29.3 Å². The molecule has 1 aliphatic carbocycles. The Morgan fingerprint density at radius 2 is 1.81 bits per heavy atom. The van der Waals surface area contributed by atoms with Crippen molar-refractivity contribution < 1.29 is 6.22 Å². The lowest BCUT2D eigenvalue weighted by Crippen LogP contribution is -2.48. The van der Waals surface area contributed by atoms with Crippen LogP contribution in [0.2, 0.25) is 0 Å². The highest BCUT2D eigenvalue weighted by Gasteiger charge is 2.26. The van der Waals surface area contributed by atoms with E-state index in [2.05, 4.69) is 45.0 Å². The van der Waals surface area contributed by atoms with Crippen molar-refractivity contribution in [2.75, 3.05) is 36.4 Å². The largest absolute Gasteiger partial charge is 0.368 e. The number of rotatable bonds is 6. The Bertz CT molecular complexity index is 1330. The number of nitrogens with one attached hydrogen (secondary N) is 1. The minimum Gasteiger partial charge on any atom is -0.368 e. The average Bonchev–Trinajstić information content (AvgIpc) is 3.39. The van der Waals surface area contributed by atoms with Gasteiger partial charge in [-0.2, -0.15) is 4.98 Å². The Morgan fingerprint density at radius 1 is 1.08 bits per heavy atom. The first-order valence-corrected chi connectivity index (χ1v) is 13.0. The van der Waals surface area contributed by atoms with E-state index in [1.165, 1.54) is 6.92 Å². The second-order valence-electron chi connectivity index (χ2n) is 10.2. The van der Waals surface area contributed by atoms with Gasteiger partial charge in [0.05, 0.1) is 17.4 Å². The molecule has 0 radical (unpaired) electrons. The number of piperazine rings is 1. The van der Waals surface area contributed by atoms with Gasteiger partial charge in [-0.1, -0.05) is 12.8 Å². The highest BCUT2D eigenvalue weighted by Crippen LogP contribution is 2.32. The summed E-state index contributed by atoms with van der Waals surface area (Å²) in [5, 5.41) is 3.94. The zero-order valence-electron chi connectivity index (χ0n) is 21.6. The molecule has 0 amide bonds. The molecule has 0 atom stereocenters. The Labute approximate surface area is 213 Å². The maximum absolute atomic E-state index is 13.4. The monoisotopic (exact) mass is 491 g/mol. The summed E-state index contributed by atoms with van der Waals surface area (Å²) >= 11 is 0. The first-order chi connectivity index (χ1) is 17.3. The smallest absolute Gasteiger partial charge is 0.263 e. The van der Waals surface area contributed by atoms with Crippen LogP contribution in [0.1, 0.15) is 69.8 Å². The van der Waals surface area contributed by atoms with Gasteiger partial charge < -0.3 is 10.2 Å². The number of hydrogen-bond donors (Lipinski definition) is 1. The third kappa shape index (κ3) is 4.59. The van der Waals surface area contributed by atoms with Crippen molar-refractivity contribution in [3.05, 3.63) is 46.0 Å². The maximum Gasteiger partial charge on any atom is 0.263 e. The highest BCUT2D eigenvalue weighted by atomic mass is 16.1. The van der Waals surface area contributed by atoms with Crippen LogP contribution in [0.4, 0.5) is 17.5 Å². The van der Waals surface area contributed by atoms with Gasteiger partial charge in [0.15, 0.2) is 5.78 Å². The fourth-order valence-corrected chi connectivity index (χ4v) is 5.57. The van der Waals surface area contributed by atoms with Gasteiger partial charge in [-0.15, -0.1) is 0 Å². The fourth-order valence-electron chi connectivity index (χ4n) is 5.57. The van der Waals surface area contributed by atoms with Gasteiger partial charge in [0.25, 0.3) is 5.56 Å². The summed E-state index contributed by atoms with van der Waals surface area (Å²) in [6.45, 7) is 11.8. The van der Waals surface area contributed by atoms with Crippen molar-refractivity contribution in [1.82, 2.24) is 24.4 Å². The molecule has 1 aliphatic heterocycles. The molecule has 192 valence electrons. The molecule has 9 heteroatoms. The number of hydrogen-bond acceptors (Lipinski definition) is 8. The molecular weight excluding hydrogens is 454 g/mol. The Morgan fingerprint density at radius 3 is 2.42 bits per heavy atom. The lowest BCUT2D eigenvalue weighted by molar-refractivity contribution is 0.101. The van der Waals surface area contributed by atoms with Crippen LogP contribution in [-0.2, 0) is 0 Å².